The summed E-state index contributed by atoms with van der Waals surface area (Å²) in [5.41, 5.74) is -0.217. The van der Waals surface area contributed by atoms with Gasteiger partial charge in [-0.15, -0.1) is 0 Å². The first kappa shape index (κ1) is 23.8. The Balaban J connectivity index is 1.62. The first-order valence-corrected chi connectivity index (χ1v) is 10.4. The molecule has 0 fully saturated rings. The van der Waals surface area contributed by atoms with Gasteiger partial charge in [-0.1, -0.05) is 0 Å². The normalized spacial score (nSPS) is 17.4. The third-order valence-electron chi connectivity index (χ3n) is 4.37. The Morgan fingerprint density at radius 1 is 1.12 bits per heavy atom. The smallest absolute Gasteiger partial charge is 0.493 e. The van der Waals surface area contributed by atoms with Gasteiger partial charge in [-0.3, -0.25) is 9.19 Å². The number of methoxy groups -OCH3 is 1. The highest BCUT2D eigenvalue weighted by Gasteiger charge is 2.66. The van der Waals surface area contributed by atoms with Gasteiger partial charge in [0, 0.05) is 24.4 Å². The summed E-state index contributed by atoms with van der Waals surface area (Å²) < 4.78 is 122. The van der Waals surface area contributed by atoms with E-state index in [1.165, 1.54) is 19.4 Å². The van der Waals surface area contributed by atoms with E-state index in [0.717, 1.165) is 12.1 Å². The summed E-state index contributed by atoms with van der Waals surface area (Å²) in [6.07, 6.45) is -13.3. The van der Waals surface area contributed by atoms with Crippen LogP contribution in [0.1, 0.15) is 5.69 Å². The van der Waals surface area contributed by atoms with Crippen molar-refractivity contribution in [3.63, 3.8) is 0 Å². The molecule has 3 aromatic rings. The molecule has 0 radical (unpaired) electrons. The highest BCUT2D eigenvalue weighted by Crippen LogP contribution is 2.48. The Hall–Kier alpha value is -3.30. The summed E-state index contributed by atoms with van der Waals surface area (Å²) in [7, 11) is -0.879. The molecular weight excluding hydrogens is 503 g/mol. The SMILES string of the molecule is COc1ccnc(CS(=O)c2nc3cc4c(cc3[nH]2)OC(F)(F)C(F)(F)O4)c1OCC(F)(F)F. The Bertz CT molecular complexity index is 1210. The van der Waals surface area contributed by atoms with Crippen molar-refractivity contribution in [2.45, 2.75) is 29.3 Å². The van der Waals surface area contributed by atoms with Gasteiger partial charge >= 0.3 is 18.4 Å². The molecule has 1 atom stereocenters. The number of nitrogens with one attached hydrogen (secondary N) is 1. The lowest BCUT2D eigenvalue weighted by Gasteiger charge is -2.31. The minimum Gasteiger partial charge on any atom is -0.493 e. The quantitative estimate of drug-likeness (QED) is 0.493. The van der Waals surface area contributed by atoms with Gasteiger partial charge in [0.15, 0.2) is 34.8 Å². The van der Waals surface area contributed by atoms with Gasteiger partial charge in [0.05, 0.1) is 40.4 Å². The molecule has 8 nitrogen and oxygen atoms in total. The van der Waals surface area contributed by atoms with Crippen LogP contribution in [0.4, 0.5) is 30.7 Å². The maximum absolute atomic E-state index is 13.4. The predicted molar refractivity (Wildman–Crippen MR) is 99.7 cm³/mol. The topological polar surface area (TPSA) is 95.6 Å². The molecule has 0 saturated carbocycles. The average molecular weight is 515 g/mol. The van der Waals surface area contributed by atoms with Crippen molar-refractivity contribution < 1.29 is 53.9 Å². The summed E-state index contributed by atoms with van der Waals surface area (Å²) in [6, 6.07) is 3.03. The molecule has 34 heavy (non-hydrogen) atoms. The molecule has 1 aliphatic heterocycles. The number of H-pyrrole nitrogens is 1. The third-order valence-corrected chi connectivity index (χ3v) is 5.53. The number of ether oxygens (including phenoxy) is 4. The van der Waals surface area contributed by atoms with Crippen LogP contribution in [0.25, 0.3) is 11.0 Å². The zero-order valence-electron chi connectivity index (χ0n) is 16.7. The fraction of sp³-hybridized carbons (Fsp3) is 0.333. The summed E-state index contributed by atoms with van der Waals surface area (Å²) in [5.74, 6) is -2.37. The van der Waals surface area contributed by atoms with E-state index in [-0.39, 0.29) is 33.4 Å². The van der Waals surface area contributed by atoms with Crippen molar-refractivity contribution >= 4 is 21.8 Å². The van der Waals surface area contributed by atoms with E-state index in [0.29, 0.717) is 0 Å². The van der Waals surface area contributed by atoms with Crippen LogP contribution in [0.2, 0.25) is 0 Å². The summed E-state index contributed by atoms with van der Waals surface area (Å²) in [5, 5.41) is -0.248. The van der Waals surface area contributed by atoms with Crippen LogP contribution in [0.3, 0.4) is 0 Å². The Morgan fingerprint density at radius 3 is 2.38 bits per heavy atom. The first-order valence-electron chi connectivity index (χ1n) is 9.07. The van der Waals surface area contributed by atoms with E-state index in [1.54, 1.807) is 0 Å². The van der Waals surface area contributed by atoms with Crippen molar-refractivity contribution in [3.8, 4) is 23.0 Å². The molecule has 2 aromatic heterocycles. The molecule has 3 heterocycles. The number of alkyl halides is 7. The fourth-order valence-corrected chi connectivity index (χ4v) is 3.91. The van der Waals surface area contributed by atoms with E-state index in [2.05, 4.69) is 24.4 Å². The Labute approximate surface area is 187 Å². The van der Waals surface area contributed by atoms with Gasteiger partial charge in [-0.05, 0) is 0 Å². The van der Waals surface area contributed by atoms with Gasteiger partial charge in [0.25, 0.3) is 0 Å². The van der Waals surface area contributed by atoms with E-state index < -0.39 is 53.1 Å². The monoisotopic (exact) mass is 515 g/mol. The number of nitrogens with zero attached hydrogens (tertiary/aromatic N) is 2. The van der Waals surface area contributed by atoms with Gasteiger partial charge < -0.3 is 23.9 Å². The van der Waals surface area contributed by atoms with Crippen molar-refractivity contribution in [3.05, 3.63) is 30.1 Å². The van der Waals surface area contributed by atoms with Crippen LogP contribution in [-0.4, -0.2) is 51.3 Å². The van der Waals surface area contributed by atoms with Crippen molar-refractivity contribution in [1.82, 2.24) is 15.0 Å². The molecule has 1 unspecified atom stereocenters. The number of fused-ring (bicyclic) bond motifs is 2. The van der Waals surface area contributed by atoms with Crippen LogP contribution >= 0.6 is 0 Å². The summed E-state index contributed by atoms with van der Waals surface area (Å²) in [6.45, 7) is -1.65. The van der Waals surface area contributed by atoms with E-state index in [4.69, 9.17) is 9.47 Å². The third kappa shape index (κ3) is 4.53. The van der Waals surface area contributed by atoms with Gasteiger partial charge in [0.2, 0.25) is 0 Å². The molecule has 0 aliphatic carbocycles. The van der Waals surface area contributed by atoms with Gasteiger partial charge in [0.1, 0.15) is 0 Å². The fourth-order valence-electron chi connectivity index (χ4n) is 2.89. The molecular formula is C18H12F7N3O5S. The average Bonchev–Trinajstić information content (AvgIpc) is 3.13. The van der Waals surface area contributed by atoms with Crippen LogP contribution in [0.15, 0.2) is 29.6 Å². The van der Waals surface area contributed by atoms with E-state index in [1.807, 2.05) is 0 Å². The standard InChI is InChI=1S/C18H12F7N3O5S/c1-30-11-2-3-26-10(14(11)31-7-16(19,20)21)6-34(29)15-27-8-4-12-13(5-9(8)28-15)33-18(24,25)17(22,23)32-12/h2-5H,6-7H2,1H3,(H,27,28). The second-order valence-electron chi connectivity index (χ2n) is 6.78. The van der Waals surface area contributed by atoms with Crippen molar-refractivity contribution in [2.75, 3.05) is 13.7 Å². The molecule has 0 amide bonds. The highest BCUT2D eigenvalue weighted by molar-refractivity contribution is 7.84. The minimum atomic E-state index is -4.93. The molecule has 1 N–H and O–H groups in total. The Morgan fingerprint density at radius 2 is 1.76 bits per heavy atom. The predicted octanol–water partition coefficient (Wildman–Crippen LogP) is 4.17. The number of benzene rings is 1. The lowest BCUT2D eigenvalue weighted by Crippen LogP contribution is -2.52. The number of aromatic nitrogens is 3. The lowest BCUT2D eigenvalue weighted by molar-refractivity contribution is -0.391. The van der Waals surface area contributed by atoms with Gasteiger partial charge in [-0.25, -0.2) is 4.98 Å². The van der Waals surface area contributed by atoms with E-state index >= 15 is 0 Å². The highest BCUT2D eigenvalue weighted by atomic mass is 32.2. The van der Waals surface area contributed by atoms with E-state index in [9.17, 15) is 34.9 Å². The molecule has 0 bridgehead atoms. The number of aromatic amines is 1. The van der Waals surface area contributed by atoms with Crippen LogP contribution in [-0.2, 0) is 16.6 Å². The number of hydrogen-bond donors (Lipinski definition) is 1. The lowest BCUT2D eigenvalue weighted by atomic mass is 10.2. The zero-order valence-corrected chi connectivity index (χ0v) is 17.5. The Kier molecular flexibility index (Phi) is 5.73. The summed E-state index contributed by atoms with van der Waals surface area (Å²) in [4.78, 5) is 10.4. The molecule has 0 saturated heterocycles. The van der Waals surface area contributed by atoms with Gasteiger partial charge in [-0.2, -0.15) is 30.7 Å². The second kappa shape index (κ2) is 8.18. The number of rotatable bonds is 6. The first-order chi connectivity index (χ1) is 15.8. The summed E-state index contributed by atoms with van der Waals surface area (Å²) >= 11 is 0. The zero-order chi connectivity index (χ0) is 24.9. The molecule has 184 valence electrons. The number of halogens is 7. The largest absolute Gasteiger partial charge is 0.507 e. The van der Waals surface area contributed by atoms with Crippen molar-refractivity contribution in [1.29, 1.82) is 0 Å². The second-order valence-corrected chi connectivity index (χ2v) is 8.14. The number of imidazole rings is 1. The molecule has 1 aromatic carbocycles. The van der Waals surface area contributed by atoms with Crippen molar-refractivity contribution in [2.24, 2.45) is 0 Å². The molecule has 1 aliphatic rings. The maximum Gasteiger partial charge on any atom is 0.507 e. The molecule has 0 spiro atoms. The van der Waals surface area contributed by atoms with Crippen LogP contribution < -0.4 is 18.9 Å². The van der Waals surface area contributed by atoms with Crippen LogP contribution in [0, 0.1) is 0 Å². The molecule has 4 rings (SSSR count). The maximum atomic E-state index is 13.4. The number of hydrogen-bond acceptors (Lipinski definition) is 7. The molecule has 16 heteroatoms. The van der Waals surface area contributed by atoms with Crippen LogP contribution in [0.5, 0.6) is 23.0 Å². The number of pyridine rings is 1. The minimum absolute atomic E-state index is 0.00105.